The number of nitrogens with two attached hydrogens (primary N) is 19. The third-order valence-electron chi connectivity index (χ3n) is 18.5. The molecule has 0 bridgehead atoms. The van der Waals surface area contributed by atoms with Crippen LogP contribution in [0.25, 0.3) is 0 Å². The van der Waals surface area contributed by atoms with E-state index in [0.717, 1.165) is 90.5 Å². The molecule has 0 amide bonds. The van der Waals surface area contributed by atoms with Gasteiger partial charge in [0.05, 0.1) is 0 Å². The summed E-state index contributed by atoms with van der Waals surface area (Å²) in [5, 5.41) is 28.1. The predicted molar refractivity (Wildman–Crippen MR) is 635 cm³/mol. The van der Waals surface area contributed by atoms with Crippen LogP contribution in [0, 0.1) is 78.5 Å². The number of aliphatic imine (C=N–C) groups is 15. The summed E-state index contributed by atoms with van der Waals surface area (Å²) in [5.74, 6) is 3.07. The lowest BCUT2D eigenvalue weighted by Crippen LogP contribution is -2.42. The molecule has 0 saturated heterocycles. The van der Waals surface area contributed by atoms with Crippen molar-refractivity contribution in [1.29, 1.82) is 16.2 Å². The second kappa shape index (κ2) is 73.1. The summed E-state index contributed by atoms with van der Waals surface area (Å²) in [6.45, 7) is 25.2. The Kier molecular flexibility index (Phi) is 65.1. The fourth-order valence-electron chi connectivity index (χ4n) is 10.8. The van der Waals surface area contributed by atoms with Gasteiger partial charge in [0.2, 0.25) is 41.7 Å². The molecule has 0 aliphatic heterocycles. The summed E-state index contributed by atoms with van der Waals surface area (Å²) in [4.78, 5) is 92.6. The van der Waals surface area contributed by atoms with Gasteiger partial charge in [0.25, 0.3) is 0 Å². The first-order valence-electron chi connectivity index (χ1n) is 45.3. The number of rotatable bonds is 27. The van der Waals surface area contributed by atoms with Crippen LogP contribution in [0.1, 0.15) is 87.8 Å². The van der Waals surface area contributed by atoms with Crippen LogP contribution in [0.5, 0.6) is 0 Å². The van der Waals surface area contributed by atoms with E-state index in [1.807, 2.05) is 35.2 Å². The topological polar surface area (TPSA) is 795 Å². The van der Waals surface area contributed by atoms with Crippen LogP contribution in [0.2, 0.25) is 0 Å². The van der Waals surface area contributed by atoms with Gasteiger partial charge in [-0.25, -0.2) is 0 Å². The van der Waals surface area contributed by atoms with Crippen molar-refractivity contribution in [2.45, 2.75) is 120 Å². The zero-order chi connectivity index (χ0) is 110. The molecular weight excluding hydrogens is 2020 g/mol. The van der Waals surface area contributed by atoms with Gasteiger partial charge in [0.15, 0.2) is 65.6 Å². The van der Waals surface area contributed by atoms with Gasteiger partial charge >= 0.3 is 0 Å². The number of thiophene rings is 9. The lowest BCUT2D eigenvalue weighted by atomic mass is 10.3. The largest absolute Gasteiger partial charge is 0.370 e. The Morgan fingerprint density at radius 1 is 0.274 bits per heavy atom. The van der Waals surface area contributed by atoms with Crippen LogP contribution in [0.4, 0.5) is 0 Å². The summed E-state index contributed by atoms with van der Waals surface area (Å²) in [6.07, 6.45) is 8.17. The van der Waals surface area contributed by atoms with E-state index in [2.05, 4.69) is 257 Å². The first-order valence-corrected chi connectivity index (χ1v) is 52.7. The molecule has 43 N–H and O–H groups in total. The molecule has 0 aliphatic rings. The van der Waals surface area contributed by atoms with E-state index >= 15 is 0 Å². The van der Waals surface area contributed by atoms with E-state index in [1.54, 1.807) is 169 Å². The predicted octanol–water partition coefficient (Wildman–Crippen LogP) is 5.67. The molecular formula is C92H157N45S9. The quantitative estimate of drug-likeness (QED) is 0.0218. The van der Waals surface area contributed by atoms with Gasteiger partial charge in [-0.1, -0.05) is 0 Å². The van der Waals surface area contributed by atoms with E-state index in [1.165, 1.54) is 92.7 Å². The van der Waals surface area contributed by atoms with E-state index < -0.39 is 0 Å². The van der Waals surface area contributed by atoms with Crippen molar-refractivity contribution in [2.24, 2.45) is 184 Å². The van der Waals surface area contributed by atoms with Gasteiger partial charge in [-0.2, -0.15) is 34.9 Å². The number of hydrogen-bond acceptors (Lipinski definition) is 20. The maximum atomic E-state index is 7.58. The maximum Gasteiger partial charge on any atom is 0.223 e. The van der Waals surface area contributed by atoms with Crippen LogP contribution >= 0.6 is 102 Å². The van der Waals surface area contributed by atoms with Crippen molar-refractivity contribution >= 4 is 209 Å². The van der Waals surface area contributed by atoms with Crippen LogP contribution in [-0.2, 0) is 57.8 Å². The minimum absolute atomic E-state index is 0.0140. The zero-order valence-corrected chi connectivity index (χ0v) is 95.0. The number of nitrogens with one attached hydrogen (secondary N) is 5. The standard InChI is InChI=1S/3C11H19N5S.5C10H17N5S.C9H15N5S/c1-8-4-5-9(17-8)6-7-14-10(12)15-11(13)16(2)3;1-8-4-5-9(17-8)6-7-16(3)11(13)15-10(12)14-2;1-8-4-5-9(17-8)6-7-16(3)11(14-2)15-10(12)13;1-7-3-4-8(16-7)5-6-14-10(12)15-9(11)13-2;2*1-7-3-4-8(16-7)5-6-15(2)10(13)14-9(11)12;1-7-3-4-8(16-7)5-6-14-10(13)15(2)9(11)12;1-7-3-4-8(16-7)5-6-14-10(13-2)15-9(11)12;1-6-2-3-7(15-6)4-5-13-9(12)14-8(10)11/h3*4-5H,6-7H2,1-3H3,(H4,12,13,14,15);3-4H,5-6H2,1-2H3,(H5,11,12,13,14,15);2*3-4H,5-6H2,1-2H3,(H5,11,12,13,14);3-4H,5-6H2,1-2H3,(H3,11,12)(H2,13,14);3-4H,5-6H2,1-2H3,(H5,11,12,13,14,15);2-3H,4-5H2,1H3,(H6,10,11,12,13,14). The van der Waals surface area contributed by atoms with Gasteiger partial charge in [-0.3, -0.25) is 66.4 Å². The molecule has 804 valence electrons. The minimum Gasteiger partial charge on any atom is -0.370 e. The second-order valence-corrected chi connectivity index (χ2v) is 43.8. The Labute approximate surface area is 896 Å². The number of guanidine groups is 18. The molecule has 0 aromatic carbocycles. The van der Waals surface area contributed by atoms with E-state index in [0.29, 0.717) is 56.0 Å². The van der Waals surface area contributed by atoms with Gasteiger partial charge in [-0.15, -0.1) is 102 Å². The van der Waals surface area contributed by atoms with E-state index in [-0.39, 0.29) is 77.5 Å². The molecule has 9 heterocycles. The van der Waals surface area contributed by atoms with Gasteiger partial charge in [0.1, 0.15) is 0 Å². The summed E-state index contributed by atoms with van der Waals surface area (Å²) >= 11 is 16.0. The highest BCUT2D eigenvalue weighted by Gasteiger charge is 2.13. The van der Waals surface area contributed by atoms with Crippen LogP contribution < -0.4 is 120 Å². The molecule has 0 atom stereocenters. The van der Waals surface area contributed by atoms with Crippen molar-refractivity contribution in [3.05, 3.63) is 197 Å². The van der Waals surface area contributed by atoms with E-state index in [4.69, 9.17) is 125 Å². The summed E-state index contributed by atoms with van der Waals surface area (Å²) in [7, 11) is 19.1. The summed E-state index contributed by atoms with van der Waals surface area (Å²) in [6, 6.07) is 38.0. The number of likely N-dealkylation sites (N-methyl/N-ethyl adjacent to an activating group) is 4. The monoisotopic (exact) mass is 2180 g/mol. The normalized spacial score (nSPS) is 11.6. The molecule has 54 heteroatoms. The van der Waals surface area contributed by atoms with Crippen molar-refractivity contribution in [3.8, 4) is 0 Å². The average Bonchev–Trinajstić information content (AvgIpc) is 1.77. The highest BCUT2D eigenvalue weighted by atomic mass is 32.1. The molecule has 9 aromatic heterocycles. The van der Waals surface area contributed by atoms with Gasteiger partial charge < -0.3 is 139 Å². The molecule has 45 nitrogen and oxygen atoms in total. The molecule has 0 saturated carbocycles. The Morgan fingerprint density at radius 3 is 0.842 bits per heavy atom. The van der Waals surface area contributed by atoms with E-state index in [9.17, 15) is 0 Å². The molecule has 9 aromatic rings. The van der Waals surface area contributed by atoms with Crippen molar-refractivity contribution in [3.63, 3.8) is 0 Å². The molecule has 146 heavy (non-hydrogen) atoms. The maximum absolute atomic E-state index is 7.58. The van der Waals surface area contributed by atoms with Gasteiger partial charge in [-0.05, 0) is 204 Å². The zero-order valence-electron chi connectivity index (χ0n) is 87.7. The van der Waals surface area contributed by atoms with Crippen molar-refractivity contribution < 1.29 is 0 Å². The molecule has 0 aliphatic carbocycles. The molecule has 0 spiro atoms. The lowest BCUT2D eigenvalue weighted by Gasteiger charge is -2.17. The Bertz CT molecular complexity index is 5730. The fourth-order valence-corrected chi connectivity index (χ4v) is 18.7. The third-order valence-corrected chi connectivity index (χ3v) is 28.1. The third kappa shape index (κ3) is 63.2. The van der Waals surface area contributed by atoms with Gasteiger partial charge in [0, 0.05) is 250 Å². The second-order valence-electron chi connectivity index (χ2n) is 31.5. The average molecular weight is 2180 g/mol. The SMILES string of the molecule is CN=C(N)N=C(N)N(C)CCc1ccc(C)s1.CN=C(N)NC(N)=NCCc1ccc(C)s1.CN=C(N=C(N)N)N(C)CCc1ccc(C)s1.CN=C(N=C(N)N)NCCc1ccc(C)s1.Cc1ccc(CCN(C)C(=N)N=C(N)N)s1.Cc1ccc(CCN(C)C(=N)N=C(N)N)s1.Cc1ccc(CCN=C(N)N(C)C(=N)N)s1.Cc1ccc(CCN=C(N)N=C(N)N(C)C)s1.Cc1ccc(CCN=C(N)N=C(N)N)s1. The fraction of sp³-hybridized carbons (Fsp3) is 0.413. The number of nitrogens with zero attached hydrogens (tertiary/aromatic N) is 21. The highest BCUT2D eigenvalue weighted by molar-refractivity contribution is 7.14. The van der Waals surface area contributed by atoms with Crippen LogP contribution in [-0.4, -0.2) is 273 Å². The Balaban J connectivity index is 0.000000821. The first kappa shape index (κ1) is 130. The molecule has 0 unspecified atom stereocenters. The van der Waals surface area contributed by atoms with Crippen molar-refractivity contribution in [2.75, 3.05) is 136 Å². The number of aryl methyl sites for hydroxylation is 9. The number of hydrogen-bond donors (Lipinski definition) is 24. The molecule has 0 radical (unpaired) electrons. The smallest absolute Gasteiger partial charge is 0.223 e. The first-order chi connectivity index (χ1) is 68.8. The summed E-state index contributed by atoms with van der Waals surface area (Å²) in [5.41, 5.74) is 102. The Morgan fingerprint density at radius 2 is 0.562 bits per heavy atom. The summed E-state index contributed by atoms with van der Waals surface area (Å²) < 4.78 is 0. The molecule has 9 rings (SSSR count). The Hall–Kier alpha value is -14.0. The molecule has 0 fully saturated rings. The highest BCUT2D eigenvalue weighted by Crippen LogP contribution is 2.23. The van der Waals surface area contributed by atoms with Crippen LogP contribution in [0.3, 0.4) is 0 Å². The van der Waals surface area contributed by atoms with Crippen LogP contribution in [0.15, 0.2) is 184 Å². The minimum atomic E-state index is -0.104. The lowest BCUT2D eigenvalue weighted by molar-refractivity contribution is 0.501. The van der Waals surface area contributed by atoms with Crippen molar-refractivity contribution in [1.82, 2.24) is 40.0 Å².